The predicted molar refractivity (Wildman–Crippen MR) is 56.7 cm³/mol. The molecule has 82 valence electrons. The van der Waals surface area contributed by atoms with Gasteiger partial charge in [-0.25, -0.2) is 0 Å². The highest BCUT2D eigenvalue weighted by Crippen LogP contribution is 2.41. The van der Waals surface area contributed by atoms with Crippen LogP contribution in [0.1, 0.15) is 24.8 Å². The zero-order chi connectivity index (χ0) is 11.0. The van der Waals surface area contributed by atoms with E-state index in [0.29, 0.717) is 11.7 Å². The maximum Gasteiger partial charge on any atom is 0.269 e. The number of hydrogen-bond acceptors (Lipinski definition) is 4. The SMILES string of the molecule is COC(c1nc(O)c(Br)c(=O)[nH]1)C1CC1. The highest BCUT2D eigenvalue weighted by atomic mass is 79.9. The average molecular weight is 275 g/mol. The van der Waals surface area contributed by atoms with Crippen molar-refractivity contribution < 1.29 is 9.84 Å². The van der Waals surface area contributed by atoms with Crippen molar-refractivity contribution in [1.29, 1.82) is 0 Å². The van der Waals surface area contributed by atoms with E-state index >= 15 is 0 Å². The lowest BCUT2D eigenvalue weighted by Crippen LogP contribution is -2.17. The summed E-state index contributed by atoms with van der Waals surface area (Å²) < 4.78 is 5.30. The molecule has 15 heavy (non-hydrogen) atoms. The summed E-state index contributed by atoms with van der Waals surface area (Å²) in [5.74, 6) is 0.501. The summed E-state index contributed by atoms with van der Waals surface area (Å²) in [6.07, 6.45) is 1.91. The molecule has 2 N–H and O–H groups in total. The van der Waals surface area contributed by atoms with Crippen LogP contribution >= 0.6 is 15.9 Å². The van der Waals surface area contributed by atoms with E-state index in [1.54, 1.807) is 7.11 Å². The smallest absolute Gasteiger partial charge is 0.269 e. The van der Waals surface area contributed by atoms with E-state index in [0.717, 1.165) is 12.8 Å². The second-order valence-electron chi connectivity index (χ2n) is 3.58. The Balaban J connectivity index is 2.39. The van der Waals surface area contributed by atoms with Crippen LogP contribution in [0.25, 0.3) is 0 Å². The van der Waals surface area contributed by atoms with E-state index in [1.165, 1.54) is 0 Å². The fourth-order valence-electron chi connectivity index (χ4n) is 1.52. The van der Waals surface area contributed by atoms with Gasteiger partial charge in [-0.05, 0) is 34.7 Å². The van der Waals surface area contributed by atoms with E-state index < -0.39 is 0 Å². The van der Waals surface area contributed by atoms with Crippen molar-refractivity contribution in [3.05, 3.63) is 20.7 Å². The Bertz CT molecular complexity index is 428. The average Bonchev–Trinajstić information content (AvgIpc) is 2.99. The van der Waals surface area contributed by atoms with Crippen molar-refractivity contribution in [3.8, 4) is 5.88 Å². The summed E-state index contributed by atoms with van der Waals surface area (Å²) in [5.41, 5.74) is -0.389. The van der Waals surface area contributed by atoms with Crippen molar-refractivity contribution in [3.63, 3.8) is 0 Å². The van der Waals surface area contributed by atoms with Crippen molar-refractivity contribution in [2.45, 2.75) is 18.9 Å². The quantitative estimate of drug-likeness (QED) is 0.872. The minimum Gasteiger partial charge on any atom is -0.492 e. The molecule has 1 fully saturated rings. The molecule has 1 unspecified atom stereocenters. The summed E-state index contributed by atoms with van der Waals surface area (Å²) >= 11 is 2.94. The second kappa shape index (κ2) is 3.94. The van der Waals surface area contributed by atoms with E-state index in [9.17, 15) is 9.90 Å². The molecule has 0 saturated heterocycles. The zero-order valence-corrected chi connectivity index (χ0v) is 9.74. The van der Waals surface area contributed by atoms with Crippen molar-refractivity contribution in [2.24, 2.45) is 5.92 Å². The minimum atomic E-state index is -0.389. The van der Waals surface area contributed by atoms with E-state index in [2.05, 4.69) is 25.9 Å². The highest BCUT2D eigenvalue weighted by molar-refractivity contribution is 9.10. The summed E-state index contributed by atoms with van der Waals surface area (Å²) in [5, 5.41) is 9.39. The highest BCUT2D eigenvalue weighted by Gasteiger charge is 2.34. The van der Waals surface area contributed by atoms with E-state index in [4.69, 9.17) is 4.74 Å². The molecule has 1 heterocycles. The van der Waals surface area contributed by atoms with Crippen LogP contribution in [0.5, 0.6) is 5.88 Å². The minimum absolute atomic E-state index is 0.0527. The number of nitrogens with zero attached hydrogens (tertiary/aromatic N) is 1. The lowest BCUT2D eigenvalue weighted by molar-refractivity contribution is 0.0763. The molecule has 1 aromatic heterocycles. The van der Waals surface area contributed by atoms with Crippen LogP contribution in [-0.4, -0.2) is 22.2 Å². The molecule has 6 heteroatoms. The Morgan fingerprint density at radius 2 is 2.33 bits per heavy atom. The molecule has 5 nitrogen and oxygen atoms in total. The number of aromatic nitrogens is 2. The molecule has 1 aliphatic rings. The lowest BCUT2D eigenvalue weighted by atomic mass is 10.2. The molecule has 0 radical (unpaired) electrons. The first-order valence-corrected chi connectivity index (χ1v) is 5.44. The van der Waals surface area contributed by atoms with Crippen molar-refractivity contribution in [2.75, 3.05) is 7.11 Å². The second-order valence-corrected chi connectivity index (χ2v) is 4.38. The van der Waals surface area contributed by atoms with Gasteiger partial charge in [0.25, 0.3) is 5.56 Å². The molecular weight excluding hydrogens is 264 g/mol. The first kappa shape index (κ1) is 10.6. The predicted octanol–water partition coefficient (Wildman–Crippen LogP) is 1.34. The fraction of sp³-hybridized carbons (Fsp3) is 0.556. The number of methoxy groups -OCH3 is 1. The van der Waals surface area contributed by atoms with Crippen molar-refractivity contribution in [1.82, 2.24) is 9.97 Å². The topological polar surface area (TPSA) is 75.2 Å². The number of hydrogen-bond donors (Lipinski definition) is 2. The number of nitrogens with one attached hydrogen (secondary N) is 1. The normalized spacial score (nSPS) is 17.7. The molecule has 0 amide bonds. The molecular formula is C9H11BrN2O3. The van der Waals surface area contributed by atoms with Gasteiger partial charge in [0.1, 0.15) is 16.4 Å². The van der Waals surface area contributed by atoms with Gasteiger partial charge in [-0.15, -0.1) is 0 Å². The van der Waals surface area contributed by atoms with Crippen LogP contribution in [0.4, 0.5) is 0 Å². The Kier molecular flexibility index (Phi) is 2.79. The Morgan fingerprint density at radius 1 is 1.67 bits per heavy atom. The standard InChI is InChI=1S/C9H11BrN2O3/c1-15-6(4-2-3-4)7-11-8(13)5(10)9(14)12-7/h4,6H,2-3H2,1H3,(H2,11,12,13,14). The van der Waals surface area contributed by atoms with Crippen LogP contribution in [0.15, 0.2) is 9.27 Å². The third-order valence-electron chi connectivity index (χ3n) is 2.44. The molecule has 2 rings (SSSR count). The van der Waals surface area contributed by atoms with E-state index in [-0.39, 0.29) is 22.0 Å². The van der Waals surface area contributed by atoms with E-state index in [1.807, 2.05) is 0 Å². The lowest BCUT2D eigenvalue weighted by Gasteiger charge is -2.13. The van der Waals surface area contributed by atoms with Gasteiger partial charge in [-0.3, -0.25) is 4.79 Å². The summed E-state index contributed by atoms with van der Waals surface area (Å²) in [6.45, 7) is 0. The van der Waals surface area contributed by atoms with Crippen LogP contribution in [-0.2, 0) is 4.74 Å². The van der Waals surface area contributed by atoms with Gasteiger partial charge in [-0.2, -0.15) is 4.98 Å². The third kappa shape index (κ3) is 2.05. The molecule has 1 aliphatic carbocycles. The Hall–Kier alpha value is -0.880. The van der Waals surface area contributed by atoms with Gasteiger partial charge < -0.3 is 14.8 Å². The monoisotopic (exact) mass is 274 g/mol. The number of rotatable bonds is 3. The first-order valence-electron chi connectivity index (χ1n) is 4.65. The molecule has 0 aliphatic heterocycles. The fourth-order valence-corrected chi connectivity index (χ4v) is 1.71. The molecule has 0 spiro atoms. The summed E-state index contributed by atoms with van der Waals surface area (Å²) in [7, 11) is 1.57. The van der Waals surface area contributed by atoms with Gasteiger partial charge in [0.15, 0.2) is 0 Å². The maximum atomic E-state index is 11.4. The zero-order valence-electron chi connectivity index (χ0n) is 8.16. The molecule has 1 aromatic rings. The maximum absolute atomic E-state index is 11.4. The number of H-pyrrole nitrogens is 1. The summed E-state index contributed by atoms with van der Waals surface area (Å²) in [6, 6.07) is 0. The largest absolute Gasteiger partial charge is 0.492 e. The van der Waals surface area contributed by atoms with Crippen LogP contribution in [0.2, 0.25) is 0 Å². The number of aromatic amines is 1. The first-order chi connectivity index (χ1) is 7.13. The number of ether oxygens (including phenoxy) is 1. The molecule has 0 bridgehead atoms. The van der Waals surface area contributed by atoms with Gasteiger partial charge >= 0.3 is 0 Å². The van der Waals surface area contributed by atoms with Crippen LogP contribution in [0, 0.1) is 5.92 Å². The Morgan fingerprint density at radius 3 is 2.80 bits per heavy atom. The molecule has 0 aromatic carbocycles. The van der Waals surface area contributed by atoms with Crippen LogP contribution < -0.4 is 5.56 Å². The van der Waals surface area contributed by atoms with Gasteiger partial charge in [-0.1, -0.05) is 0 Å². The van der Waals surface area contributed by atoms with Crippen LogP contribution in [0.3, 0.4) is 0 Å². The van der Waals surface area contributed by atoms with Gasteiger partial charge in [0.2, 0.25) is 5.88 Å². The Labute approximate surface area is 94.6 Å². The number of aromatic hydroxyl groups is 1. The number of halogens is 1. The molecule has 1 saturated carbocycles. The summed E-state index contributed by atoms with van der Waals surface area (Å²) in [4.78, 5) is 17.9. The van der Waals surface area contributed by atoms with Crippen molar-refractivity contribution >= 4 is 15.9 Å². The molecule has 1 atom stereocenters. The van der Waals surface area contributed by atoms with Gasteiger partial charge in [0, 0.05) is 7.11 Å². The third-order valence-corrected chi connectivity index (χ3v) is 3.15. The van der Waals surface area contributed by atoms with Gasteiger partial charge in [0.05, 0.1) is 0 Å².